The summed E-state index contributed by atoms with van der Waals surface area (Å²) in [6, 6.07) is 19.8. The smallest absolute Gasteiger partial charge is 0.405 e. The molecule has 31 heavy (non-hydrogen) atoms. The van der Waals surface area contributed by atoms with Crippen LogP contribution in [-0.2, 0) is 10.0 Å². The Morgan fingerprint density at radius 2 is 1.55 bits per heavy atom. The first-order valence-corrected chi connectivity index (χ1v) is 10.4. The zero-order chi connectivity index (χ0) is 22.5. The van der Waals surface area contributed by atoms with Crippen LogP contribution >= 0.6 is 0 Å². The zero-order valence-corrected chi connectivity index (χ0v) is 16.7. The first kappa shape index (κ1) is 22.2. The fourth-order valence-corrected chi connectivity index (χ4v) is 3.64. The fraction of sp³-hybridized carbons (Fsp3) is 0.0952. The monoisotopic (exact) mass is 450 g/mol. The number of carbonyl (C=O) groups excluding carboxylic acids is 1. The molecule has 0 heterocycles. The predicted molar refractivity (Wildman–Crippen MR) is 109 cm³/mol. The summed E-state index contributed by atoms with van der Waals surface area (Å²) in [4.78, 5) is 11.6. The highest BCUT2D eigenvalue weighted by molar-refractivity contribution is 7.92. The lowest BCUT2D eigenvalue weighted by Crippen LogP contribution is -2.33. The minimum Gasteiger partial charge on any atom is -0.457 e. The number of nitrogens with one attached hydrogen (secondary N) is 2. The van der Waals surface area contributed by atoms with Crippen LogP contribution in [0.4, 0.5) is 18.9 Å². The van der Waals surface area contributed by atoms with Gasteiger partial charge >= 0.3 is 6.18 Å². The van der Waals surface area contributed by atoms with E-state index >= 15 is 0 Å². The van der Waals surface area contributed by atoms with Crippen molar-refractivity contribution in [3.63, 3.8) is 0 Å². The van der Waals surface area contributed by atoms with E-state index in [9.17, 15) is 26.4 Å². The summed E-state index contributed by atoms with van der Waals surface area (Å²) in [6.07, 6.45) is -4.58. The number of amides is 1. The second-order valence-corrected chi connectivity index (χ2v) is 8.06. The van der Waals surface area contributed by atoms with Crippen molar-refractivity contribution in [3.8, 4) is 11.5 Å². The minimum atomic E-state index is -4.58. The fourth-order valence-electron chi connectivity index (χ4n) is 2.55. The molecule has 0 radical (unpaired) electrons. The van der Waals surface area contributed by atoms with Gasteiger partial charge < -0.3 is 10.1 Å². The summed E-state index contributed by atoms with van der Waals surface area (Å²) in [7, 11) is -4.11. The van der Waals surface area contributed by atoms with Gasteiger partial charge in [-0.2, -0.15) is 13.2 Å². The van der Waals surface area contributed by atoms with Gasteiger partial charge in [0.25, 0.3) is 15.9 Å². The van der Waals surface area contributed by atoms with Crippen LogP contribution < -0.4 is 14.8 Å². The molecule has 0 aromatic heterocycles. The van der Waals surface area contributed by atoms with Crippen molar-refractivity contribution >= 4 is 21.6 Å². The third kappa shape index (κ3) is 6.48. The third-order valence-corrected chi connectivity index (χ3v) is 5.30. The molecule has 3 aromatic rings. The van der Waals surface area contributed by atoms with Gasteiger partial charge in [0.15, 0.2) is 0 Å². The van der Waals surface area contributed by atoms with Crippen LogP contribution in [0.15, 0.2) is 83.8 Å². The van der Waals surface area contributed by atoms with E-state index in [1.807, 2.05) is 6.07 Å². The predicted octanol–water partition coefficient (Wildman–Crippen LogP) is 4.57. The van der Waals surface area contributed by atoms with E-state index in [-0.39, 0.29) is 16.1 Å². The van der Waals surface area contributed by atoms with Crippen molar-refractivity contribution in [1.82, 2.24) is 5.32 Å². The quantitative estimate of drug-likeness (QED) is 0.552. The maximum absolute atomic E-state index is 12.7. The average Bonchev–Trinajstić information content (AvgIpc) is 2.72. The molecule has 0 spiro atoms. The first-order chi connectivity index (χ1) is 14.6. The lowest BCUT2D eigenvalue weighted by atomic mass is 10.2. The molecule has 3 aromatic carbocycles. The maximum Gasteiger partial charge on any atom is 0.405 e. The van der Waals surface area contributed by atoms with Gasteiger partial charge in [-0.1, -0.05) is 30.3 Å². The number of para-hydroxylation sites is 1. The van der Waals surface area contributed by atoms with Gasteiger partial charge in [0.2, 0.25) is 0 Å². The summed E-state index contributed by atoms with van der Waals surface area (Å²) >= 11 is 0. The van der Waals surface area contributed by atoms with Crippen molar-refractivity contribution in [3.05, 3.63) is 84.4 Å². The van der Waals surface area contributed by atoms with Gasteiger partial charge in [-0.05, 0) is 42.5 Å². The third-order valence-electron chi connectivity index (χ3n) is 3.92. The van der Waals surface area contributed by atoms with Crippen molar-refractivity contribution in [1.29, 1.82) is 0 Å². The number of ether oxygens (including phenoxy) is 1. The molecule has 0 saturated carbocycles. The van der Waals surface area contributed by atoms with Crippen LogP contribution in [0.2, 0.25) is 0 Å². The van der Waals surface area contributed by atoms with Crippen LogP contribution in [0.5, 0.6) is 11.5 Å². The molecule has 0 bridgehead atoms. The van der Waals surface area contributed by atoms with Crippen LogP contribution in [0.1, 0.15) is 10.4 Å². The van der Waals surface area contributed by atoms with Gasteiger partial charge in [0.1, 0.15) is 18.0 Å². The van der Waals surface area contributed by atoms with E-state index in [0.717, 1.165) is 6.07 Å². The van der Waals surface area contributed by atoms with Gasteiger partial charge in [-0.3, -0.25) is 9.52 Å². The molecule has 0 aliphatic carbocycles. The van der Waals surface area contributed by atoms with Crippen LogP contribution in [0.3, 0.4) is 0 Å². The van der Waals surface area contributed by atoms with Gasteiger partial charge in [-0.25, -0.2) is 8.42 Å². The minimum absolute atomic E-state index is 0.209. The Balaban J connectivity index is 1.75. The molecule has 162 valence electrons. The molecule has 1 amide bonds. The molecule has 0 atom stereocenters. The van der Waals surface area contributed by atoms with E-state index in [1.54, 1.807) is 41.7 Å². The van der Waals surface area contributed by atoms with E-state index in [2.05, 4.69) is 4.72 Å². The number of benzene rings is 3. The standard InChI is InChI=1S/C21H17F3N2O4S/c22-21(23,24)14-25-20(27)15-6-4-11-19(12-15)31(28,29)26-16-7-5-10-18(13-16)30-17-8-2-1-3-9-17/h1-13,26H,14H2,(H,25,27). The second kappa shape index (κ2) is 9.09. The number of alkyl halides is 3. The number of hydrogen-bond donors (Lipinski definition) is 2. The zero-order valence-electron chi connectivity index (χ0n) is 15.9. The average molecular weight is 450 g/mol. The normalized spacial score (nSPS) is 11.6. The summed E-state index contributed by atoms with van der Waals surface area (Å²) in [5.74, 6) is -0.0700. The molecular weight excluding hydrogens is 433 g/mol. The Morgan fingerprint density at radius 1 is 0.871 bits per heavy atom. The van der Waals surface area contributed by atoms with E-state index in [1.165, 1.54) is 30.3 Å². The Bertz CT molecular complexity index is 1170. The van der Waals surface area contributed by atoms with Gasteiger partial charge in [0.05, 0.1) is 10.6 Å². The highest BCUT2D eigenvalue weighted by Crippen LogP contribution is 2.25. The lowest BCUT2D eigenvalue weighted by Gasteiger charge is -2.12. The van der Waals surface area contributed by atoms with E-state index < -0.39 is 28.7 Å². The molecule has 0 aliphatic heterocycles. The Hall–Kier alpha value is -3.53. The van der Waals surface area contributed by atoms with Gasteiger partial charge in [0, 0.05) is 11.6 Å². The van der Waals surface area contributed by atoms with Crippen molar-refractivity contribution in [2.45, 2.75) is 11.1 Å². The number of carbonyl (C=O) groups is 1. The lowest BCUT2D eigenvalue weighted by molar-refractivity contribution is -0.123. The molecule has 2 N–H and O–H groups in total. The molecule has 6 nitrogen and oxygen atoms in total. The summed E-state index contributed by atoms with van der Waals surface area (Å²) in [6.45, 7) is -1.52. The number of rotatable bonds is 7. The van der Waals surface area contributed by atoms with Crippen LogP contribution in [-0.4, -0.2) is 27.0 Å². The Morgan fingerprint density at radius 3 is 2.26 bits per heavy atom. The Kier molecular flexibility index (Phi) is 6.50. The van der Waals surface area contributed by atoms with Crippen molar-refractivity contribution in [2.75, 3.05) is 11.3 Å². The molecule has 0 saturated heterocycles. The van der Waals surface area contributed by atoms with Crippen molar-refractivity contribution < 1.29 is 31.1 Å². The molecule has 10 heteroatoms. The summed E-state index contributed by atoms with van der Waals surface area (Å²) in [5.41, 5.74) is -0.00589. The molecule has 0 aliphatic rings. The number of hydrogen-bond acceptors (Lipinski definition) is 4. The van der Waals surface area contributed by atoms with Crippen LogP contribution in [0.25, 0.3) is 0 Å². The largest absolute Gasteiger partial charge is 0.457 e. The Labute approximate surface area is 176 Å². The van der Waals surface area contributed by atoms with Crippen LogP contribution in [0, 0.1) is 0 Å². The number of halogens is 3. The number of sulfonamides is 1. The summed E-state index contributed by atoms with van der Waals surface area (Å²) in [5, 5.41) is 1.70. The van der Waals surface area contributed by atoms with Gasteiger partial charge in [-0.15, -0.1) is 0 Å². The topological polar surface area (TPSA) is 84.5 Å². The van der Waals surface area contributed by atoms with E-state index in [0.29, 0.717) is 11.5 Å². The maximum atomic E-state index is 12.7. The van der Waals surface area contributed by atoms with Crippen molar-refractivity contribution in [2.24, 2.45) is 0 Å². The van der Waals surface area contributed by atoms with E-state index in [4.69, 9.17) is 4.74 Å². The highest BCUT2D eigenvalue weighted by Gasteiger charge is 2.28. The highest BCUT2D eigenvalue weighted by atomic mass is 32.2. The second-order valence-electron chi connectivity index (χ2n) is 6.37. The molecule has 0 unspecified atom stereocenters. The summed E-state index contributed by atoms with van der Waals surface area (Å²) < 4.78 is 70.3. The first-order valence-electron chi connectivity index (χ1n) is 8.93. The SMILES string of the molecule is O=C(NCC(F)(F)F)c1cccc(S(=O)(=O)Nc2cccc(Oc3ccccc3)c2)c1. The molecule has 0 fully saturated rings. The number of anilines is 1. The molecule has 3 rings (SSSR count). The molecular formula is C21H17F3N2O4S.